The lowest BCUT2D eigenvalue weighted by atomic mass is 10.1. The number of hydrogen-bond donors (Lipinski definition) is 2. The third-order valence-corrected chi connectivity index (χ3v) is 5.13. The molecule has 1 aliphatic heterocycles. The molecule has 0 atom stereocenters. The van der Waals surface area contributed by atoms with Crippen LogP contribution in [0.3, 0.4) is 0 Å². The fraction of sp³-hybridized carbons (Fsp3) is 0.571. The molecule has 0 radical (unpaired) electrons. The molecule has 1 saturated heterocycles. The van der Waals surface area contributed by atoms with Crippen LogP contribution in [-0.4, -0.2) is 33.6 Å². The number of piperidine rings is 1. The topological polar surface area (TPSA) is 61.4 Å². The molecule has 21 heavy (non-hydrogen) atoms. The van der Waals surface area contributed by atoms with E-state index in [1.807, 2.05) is 0 Å². The van der Waals surface area contributed by atoms with E-state index in [9.17, 15) is 12.8 Å². The Hall–Kier alpha value is -1.02. The third kappa shape index (κ3) is 4.00. The molecule has 1 aromatic rings. The minimum atomic E-state index is -3.75. The highest BCUT2D eigenvalue weighted by molar-refractivity contribution is 7.89. The molecule has 7 heteroatoms. The molecule has 1 fully saturated rings. The number of benzene rings is 1. The van der Waals surface area contributed by atoms with Gasteiger partial charge in [0.05, 0.1) is 4.90 Å². The van der Waals surface area contributed by atoms with Crippen molar-refractivity contribution in [1.82, 2.24) is 15.2 Å². The van der Waals surface area contributed by atoms with Crippen molar-refractivity contribution >= 4 is 10.0 Å². The quantitative estimate of drug-likeness (QED) is 0.865. The maximum atomic E-state index is 13.9. The van der Waals surface area contributed by atoms with Crippen LogP contribution in [0.25, 0.3) is 0 Å². The molecule has 1 aromatic carbocycles. The number of hydrazine groups is 1. The molecule has 0 spiro atoms. The summed E-state index contributed by atoms with van der Waals surface area (Å²) in [6, 6.07) is 2.90. The van der Waals surface area contributed by atoms with Crippen LogP contribution in [0.2, 0.25) is 0 Å². The first-order chi connectivity index (χ1) is 9.94. The van der Waals surface area contributed by atoms with E-state index in [1.54, 1.807) is 12.1 Å². The Morgan fingerprint density at radius 1 is 1.24 bits per heavy atom. The van der Waals surface area contributed by atoms with Crippen LogP contribution in [0.4, 0.5) is 4.39 Å². The molecule has 0 unspecified atom stereocenters. The molecule has 1 heterocycles. The van der Waals surface area contributed by atoms with Gasteiger partial charge in [0, 0.05) is 25.2 Å². The van der Waals surface area contributed by atoms with Gasteiger partial charge in [0.1, 0.15) is 5.82 Å². The summed E-state index contributed by atoms with van der Waals surface area (Å²) < 4.78 is 38.9. The highest BCUT2D eigenvalue weighted by Crippen LogP contribution is 2.21. The molecule has 118 valence electrons. The van der Waals surface area contributed by atoms with Crippen LogP contribution in [0.5, 0.6) is 0 Å². The van der Waals surface area contributed by atoms with E-state index in [0.717, 1.165) is 19.3 Å². The summed E-state index contributed by atoms with van der Waals surface area (Å²) in [7, 11) is -2.01. The van der Waals surface area contributed by atoms with Gasteiger partial charge in [-0.2, -0.15) is 0 Å². The molecule has 1 aliphatic rings. The zero-order valence-electron chi connectivity index (χ0n) is 12.4. The normalized spacial score (nSPS) is 17.1. The lowest BCUT2D eigenvalue weighted by Gasteiger charge is -2.27. The van der Waals surface area contributed by atoms with E-state index >= 15 is 0 Å². The van der Waals surface area contributed by atoms with Crippen LogP contribution in [-0.2, 0) is 16.6 Å². The zero-order chi connectivity index (χ0) is 15.5. The number of sulfonamides is 1. The first-order valence-electron chi connectivity index (χ1n) is 7.15. The summed E-state index contributed by atoms with van der Waals surface area (Å²) in [6.45, 7) is 3.29. The first-order valence-corrected chi connectivity index (χ1v) is 8.63. The summed E-state index contributed by atoms with van der Waals surface area (Å²) in [5.41, 5.74) is 0.763. The standard InChI is InChI=1S/C14H22FN3O2S/c1-11-13(15)8-12(10-16-2)9-14(11)21(19,20)17-18-6-4-3-5-7-18/h8-9,16-17H,3-7,10H2,1-2H3. The second-order valence-corrected chi connectivity index (χ2v) is 7.00. The van der Waals surface area contributed by atoms with Crippen molar-refractivity contribution in [3.8, 4) is 0 Å². The van der Waals surface area contributed by atoms with Gasteiger partial charge in [-0.05, 0) is 44.5 Å². The molecule has 0 aromatic heterocycles. The summed E-state index contributed by atoms with van der Waals surface area (Å²) >= 11 is 0. The third-order valence-electron chi connectivity index (χ3n) is 3.63. The van der Waals surface area contributed by atoms with Crippen LogP contribution >= 0.6 is 0 Å². The Bertz CT molecular complexity index is 598. The Balaban J connectivity index is 2.29. The van der Waals surface area contributed by atoms with E-state index in [-0.39, 0.29) is 10.5 Å². The number of hydrogen-bond acceptors (Lipinski definition) is 4. The number of nitrogens with one attached hydrogen (secondary N) is 2. The SMILES string of the molecule is CNCc1cc(F)c(C)c(S(=O)(=O)NN2CCCCC2)c1. The van der Waals surface area contributed by atoms with Gasteiger partial charge < -0.3 is 5.32 Å². The van der Waals surface area contributed by atoms with Gasteiger partial charge in [-0.3, -0.25) is 0 Å². The maximum Gasteiger partial charge on any atom is 0.253 e. The molecule has 2 N–H and O–H groups in total. The van der Waals surface area contributed by atoms with E-state index in [1.165, 1.54) is 19.1 Å². The zero-order valence-corrected chi connectivity index (χ0v) is 13.3. The van der Waals surface area contributed by atoms with Gasteiger partial charge in [-0.1, -0.05) is 6.42 Å². The molecule has 5 nitrogen and oxygen atoms in total. The Kier molecular flexibility index (Phi) is 5.32. The Morgan fingerprint density at radius 2 is 1.90 bits per heavy atom. The van der Waals surface area contributed by atoms with E-state index in [2.05, 4.69) is 10.1 Å². The molecule has 2 rings (SSSR count). The molecular weight excluding hydrogens is 293 g/mol. The van der Waals surface area contributed by atoms with E-state index in [4.69, 9.17) is 0 Å². The van der Waals surface area contributed by atoms with Gasteiger partial charge in [-0.25, -0.2) is 17.8 Å². The minimum Gasteiger partial charge on any atom is -0.316 e. The van der Waals surface area contributed by atoms with Crippen molar-refractivity contribution < 1.29 is 12.8 Å². The summed E-state index contributed by atoms with van der Waals surface area (Å²) in [5, 5.41) is 4.59. The second kappa shape index (κ2) is 6.83. The molecular formula is C14H22FN3O2S. The molecule has 0 saturated carbocycles. The summed E-state index contributed by atoms with van der Waals surface area (Å²) in [5.74, 6) is -0.498. The predicted octanol–water partition coefficient (Wildman–Crippen LogP) is 1.53. The second-order valence-electron chi connectivity index (χ2n) is 5.37. The van der Waals surface area contributed by atoms with E-state index < -0.39 is 15.8 Å². The average Bonchev–Trinajstić information content (AvgIpc) is 2.43. The summed E-state index contributed by atoms with van der Waals surface area (Å²) in [4.78, 5) is 2.58. The van der Waals surface area contributed by atoms with Gasteiger partial charge in [-0.15, -0.1) is 4.83 Å². The highest BCUT2D eigenvalue weighted by Gasteiger charge is 2.23. The number of rotatable bonds is 5. The van der Waals surface area contributed by atoms with E-state index in [0.29, 0.717) is 25.2 Å². The lowest BCUT2D eigenvalue weighted by Crippen LogP contribution is -2.45. The van der Waals surface area contributed by atoms with Crippen molar-refractivity contribution in [3.05, 3.63) is 29.1 Å². The first kappa shape index (κ1) is 16.4. The van der Waals surface area contributed by atoms with Gasteiger partial charge in [0.25, 0.3) is 10.0 Å². The van der Waals surface area contributed by atoms with Gasteiger partial charge >= 0.3 is 0 Å². The Labute approximate surface area is 125 Å². The predicted molar refractivity (Wildman–Crippen MR) is 79.6 cm³/mol. The fourth-order valence-corrected chi connectivity index (χ4v) is 3.92. The van der Waals surface area contributed by atoms with Crippen LogP contribution in [0.1, 0.15) is 30.4 Å². The fourth-order valence-electron chi connectivity index (χ4n) is 2.50. The molecule has 0 aliphatic carbocycles. The van der Waals surface area contributed by atoms with Crippen molar-refractivity contribution in [1.29, 1.82) is 0 Å². The lowest BCUT2D eigenvalue weighted by molar-refractivity contribution is 0.200. The average molecular weight is 315 g/mol. The highest BCUT2D eigenvalue weighted by atomic mass is 32.2. The largest absolute Gasteiger partial charge is 0.316 e. The summed E-state index contributed by atoms with van der Waals surface area (Å²) in [6.07, 6.45) is 3.05. The van der Waals surface area contributed by atoms with Crippen molar-refractivity contribution in [2.45, 2.75) is 37.6 Å². The van der Waals surface area contributed by atoms with Gasteiger partial charge in [0.15, 0.2) is 0 Å². The van der Waals surface area contributed by atoms with Gasteiger partial charge in [0.2, 0.25) is 0 Å². The maximum absolute atomic E-state index is 13.9. The van der Waals surface area contributed by atoms with Crippen LogP contribution in [0, 0.1) is 12.7 Å². The van der Waals surface area contributed by atoms with Crippen LogP contribution in [0.15, 0.2) is 17.0 Å². The smallest absolute Gasteiger partial charge is 0.253 e. The van der Waals surface area contributed by atoms with Crippen molar-refractivity contribution in [3.63, 3.8) is 0 Å². The van der Waals surface area contributed by atoms with Crippen molar-refractivity contribution in [2.75, 3.05) is 20.1 Å². The molecule has 0 bridgehead atoms. The van der Waals surface area contributed by atoms with Crippen LogP contribution < -0.4 is 10.1 Å². The minimum absolute atomic E-state index is 0.0123. The van der Waals surface area contributed by atoms with Crippen molar-refractivity contribution in [2.24, 2.45) is 0 Å². The number of halogens is 1. The molecule has 0 amide bonds. The Morgan fingerprint density at radius 3 is 2.52 bits per heavy atom. The number of nitrogens with zero attached hydrogens (tertiary/aromatic N) is 1. The monoisotopic (exact) mass is 315 g/mol.